The second kappa shape index (κ2) is 5.71. The van der Waals surface area contributed by atoms with E-state index in [1.54, 1.807) is 25.5 Å². The average molecular weight is 370 g/mol. The van der Waals surface area contributed by atoms with Gasteiger partial charge in [-0.25, -0.2) is 12.8 Å². The van der Waals surface area contributed by atoms with Gasteiger partial charge in [-0.15, -0.1) is 0 Å². The molecule has 0 saturated carbocycles. The molecule has 0 aliphatic heterocycles. The summed E-state index contributed by atoms with van der Waals surface area (Å²) in [6.07, 6.45) is 0. The molecule has 2 heterocycles. The normalized spacial score (nSPS) is 11.9. The third kappa shape index (κ3) is 2.71. The average Bonchev–Trinajstić information content (AvgIpc) is 3.06. The molecule has 0 unspecified atom stereocenters. The van der Waals surface area contributed by atoms with Gasteiger partial charge in [-0.05, 0) is 38.1 Å². The van der Waals surface area contributed by atoms with Crippen LogP contribution in [0.2, 0.25) is 0 Å². The molecule has 6 nitrogen and oxygen atoms in total. The van der Waals surface area contributed by atoms with Gasteiger partial charge in [-0.1, -0.05) is 5.16 Å². The fourth-order valence-corrected chi connectivity index (χ4v) is 4.04. The van der Waals surface area contributed by atoms with Crippen LogP contribution in [0.3, 0.4) is 0 Å². The van der Waals surface area contributed by atoms with Gasteiger partial charge in [0.25, 0.3) is 14.9 Å². The fraction of sp³-hybridized carbons (Fsp3) is 0.200. The molecule has 0 aliphatic carbocycles. The van der Waals surface area contributed by atoms with Gasteiger partial charge in [0.2, 0.25) is 5.82 Å². The van der Waals surface area contributed by atoms with Crippen LogP contribution >= 0.6 is 10.7 Å². The van der Waals surface area contributed by atoms with Crippen molar-refractivity contribution in [1.82, 2.24) is 14.7 Å². The SMILES string of the molecule is Cc1c(-c2nc(-c3ccc(F)cc3)no2)c(S(=O)(=O)Cl)c(C)n1C. The topological polar surface area (TPSA) is 78.0 Å². The molecule has 0 aliphatic rings. The second-order valence-corrected chi connectivity index (χ2v) is 7.80. The van der Waals surface area contributed by atoms with E-state index in [0.717, 1.165) is 0 Å². The highest BCUT2D eigenvalue weighted by atomic mass is 35.7. The van der Waals surface area contributed by atoms with E-state index < -0.39 is 9.05 Å². The quantitative estimate of drug-likeness (QED) is 0.661. The molecule has 0 bridgehead atoms. The lowest BCUT2D eigenvalue weighted by atomic mass is 10.2. The maximum Gasteiger partial charge on any atom is 0.263 e. The lowest BCUT2D eigenvalue weighted by Gasteiger charge is -1.98. The van der Waals surface area contributed by atoms with Crippen molar-refractivity contribution in [2.75, 3.05) is 0 Å². The molecule has 1 aromatic carbocycles. The first kappa shape index (κ1) is 16.7. The van der Waals surface area contributed by atoms with Crippen molar-refractivity contribution in [3.63, 3.8) is 0 Å². The summed E-state index contributed by atoms with van der Waals surface area (Å²) in [5.41, 5.74) is 1.91. The van der Waals surface area contributed by atoms with Gasteiger partial charge < -0.3 is 9.09 Å². The molecule has 24 heavy (non-hydrogen) atoms. The summed E-state index contributed by atoms with van der Waals surface area (Å²) in [7, 11) is 3.29. The molecule has 0 spiro atoms. The number of hydrogen-bond donors (Lipinski definition) is 0. The van der Waals surface area contributed by atoms with Crippen molar-refractivity contribution in [3.05, 3.63) is 41.5 Å². The van der Waals surface area contributed by atoms with E-state index in [1.807, 2.05) is 0 Å². The van der Waals surface area contributed by atoms with E-state index in [2.05, 4.69) is 10.1 Å². The van der Waals surface area contributed by atoms with Crippen LogP contribution in [-0.2, 0) is 16.1 Å². The summed E-state index contributed by atoms with van der Waals surface area (Å²) in [4.78, 5) is 4.18. The molecule has 0 atom stereocenters. The Morgan fingerprint density at radius 3 is 2.38 bits per heavy atom. The minimum atomic E-state index is -4.00. The Morgan fingerprint density at radius 1 is 1.17 bits per heavy atom. The minimum absolute atomic E-state index is 0.0368. The number of benzene rings is 1. The van der Waals surface area contributed by atoms with Gasteiger partial charge >= 0.3 is 0 Å². The summed E-state index contributed by atoms with van der Waals surface area (Å²) in [6, 6.07) is 5.56. The zero-order chi connectivity index (χ0) is 17.6. The molecular formula is C15H13ClFN3O3S. The molecule has 0 amide bonds. The van der Waals surface area contributed by atoms with Crippen LogP contribution < -0.4 is 0 Å². The van der Waals surface area contributed by atoms with Crippen molar-refractivity contribution in [3.8, 4) is 22.8 Å². The molecular weight excluding hydrogens is 357 g/mol. The molecule has 0 fully saturated rings. The van der Waals surface area contributed by atoms with E-state index in [0.29, 0.717) is 17.0 Å². The predicted molar refractivity (Wildman–Crippen MR) is 86.6 cm³/mol. The zero-order valence-electron chi connectivity index (χ0n) is 13.0. The largest absolute Gasteiger partial charge is 0.350 e. The van der Waals surface area contributed by atoms with E-state index >= 15 is 0 Å². The third-order valence-corrected chi connectivity index (χ3v) is 5.36. The number of rotatable bonds is 3. The number of aromatic nitrogens is 3. The van der Waals surface area contributed by atoms with E-state index in [4.69, 9.17) is 15.2 Å². The lowest BCUT2D eigenvalue weighted by Crippen LogP contribution is -1.96. The van der Waals surface area contributed by atoms with Crippen LogP contribution in [0.5, 0.6) is 0 Å². The first-order valence-electron chi connectivity index (χ1n) is 6.90. The number of halogens is 2. The highest BCUT2D eigenvalue weighted by Crippen LogP contribution is 2.36. The van der Waals surface area contributed by atoms with Crippen LogP contribution in [0, 0.1) is 19.7 Å². The minimum Gasteiger partial charge on any atom is -0.350 e. The third-order valence-electron chi connectivity index (χ3n) is 3.91. The van der Waals surface area contributed by atoms with Crippen molar-refractivity contribution < 1.29 is 17.3 Å². The molecule has 3 aromatic rings. The Morgan fingerprint density at radius 2 is 1.79 bits per heavy atom. The summed E-state index contributed by atoms with van der Waals surface area (Å²) in [5.74, 6) is -0.119. The van der Waals surface area contributed by atoms with Crippen molar-refractivity contribution in [1.29, 1.82) is 0 Å². The first-order chi connectivity index (χ1) is 11.2. The molecule has 0 radical (unpaired) electrons. The maximum atomic E-state index is 13.0. The Bertz CT molecular complexity index is 1020. The Kier molecular flexibility index (Phi) is 3.97. The predicted octanol–water partition coefficient (Wildman–Crippen LogP) is 3.43. The van der Waals surface area contributed by atoms with E-state index in [-0.39, 0.29) is 28.0 Å². The molecule has 0 N–H and O–H groups in total. The maximum absolute atomic E-state index is 13.0. The van der Waals surface area contributed by atoms with Gasteiger partial charge in [0.05, 0.1) is 5.56 Å². The zero-order valence-corrected chi connectivity index (χ0v) is 14.6. The van der Waals surface area contributed by atoms with E-state index in [9.17, 15) is 12.8 Å². The highest BCUT2D eigenvalue weighted by molar-refractivity contribution is 8.13. The van der Waals surface area contributed by atoms with Crippen LogP contribution in [0.1, 0.15) is 11.4 Å². The van der Waals surface area contributed by atoms with Crippen molar-refractivity contribution in [2.24, 2.45) is 7.05 Å². The van der Waals surface area contributed by atoms with Crippen molar-refractivity contribution >= 4 is 19.7 Å². The molecule has 9 heteroatoms. The summed E-state index contributed by atoms with van der Waals surface area (Å²) in [5, 5.41) is 3.84. The number of hydrogen-bond acceptors (Lipinski definition) is 5. The van der Waals surface area contributed by atoms with Crippen LogP contribution in [0.25, 0.3) is 22.8 Å². The van der Waals surface area contributed by atoms with Gasteiger partial charge in [-0.3, -0.25) is 0 Å². The highest BCUT2D eigenvalue weighted by Gasteiger charge is 2.29. The monoisotopic (exact) mass is 369 g/mol. The number of nitrogens with zero attached hydrogens (tertiary/aromatic N) is 3. The second-order valence-electron chi connectivity index (χ2n) is 5.30. The smallest absolute Gasteiger partial charge is 0.263 e. The Hall–Kier alpha value is -2.19. The van der Waals surface area contributed by atoms with Crippen molar-refractivity contribution in [2.45, 2.75) is 18.7 Å². The van der Waals surface area contributed by atoms with E-state index in [1.165, 1.54) is 24.3 Å². The Labute approximate surface area is 142 Å². The molecule has 126 valence electrons. The van der Waals surface area contributed by atoms with Gasteiger partial charge in [0.15, 0.2) is 0 Å². The lowest BCUT2D eigenvalue weighted by molar-refractivity contribution is 0.431. The Balaban J connectivity index is 2.18. The van der Waals surface area contributed by atoms with Gasteiger partial charge in [0, 0.05) is 34.7 Å². The molecule has 2 aromatic heterocycles. The first-order valence-corrected chi connectivity index (χ1v) is 9.21. The summed E-state index contributed by atoms with van der Waals surface area (Å²) < 4.78 is 43.8. The van der Waals surface area contributed by atoms with Crippen LogP contribution in [0.15, 0.2) is 33.7 Å². The standard InChI is InChI=1S/C15H13ClFN3O3S/c1-8-12(13(24(16,21)22)9(2)20(8)3)15-18-14(19-23-15)10-4-6-11(17)7-5-10/h4-7H,1-3H3. The van der Waals surface area contributed by atoms with Crippen LogP contribution in [-0.4, -0.2) is 23.1 Å². The fourth-order valence-electron chi connectivity index (χ4n) is 2.51. The molecule has 3 rings (SSSR count). The summed E-state index contributed by atoms with van der Waals surface area (Å²) in [6.45, 7) is 3.37. The molecule has 0 saturated heterocycles. The van der Waals surface area contributed by atoms with Gasteiger partial charge in [-0.2, -0.15) is 4.98 Å². The summed E-state index contributed by atoms with van der Waals surface area (Å²) >= 11 is 0. The van der Waals surface area contributed by atoms with Crippen LogP contribution in [0.4, 0.5) is 4.39 Å². The van der Waals surface area contributed by atoms with Gasteiger partial charge in [0.1, 0.15) is 10.7 Å².